The van der Waals surface area contributed by atoms with E-state index < -0.39 is 20.5 Å². The number of nitrogens with two attached hydrogens (primary N) is 1. The molecule has 0 aliphatic heterocycles. The molecule has 156 valence electrons. The number of benzene rings is 2. The molecule has 1 fully saturated rings. The first-order chi connectivity index (χ1) is 13.8. The summed E-state index contributed by atoms with van der Waals surface area (Å²) in [4.78, 5) is 11.5. The maximum Gasteiger partial charge on any atom is 0.404 e. The van der Waals surface area contributed by atoms with Gasteiger partial charge in [0.2, 0.25) is 0 Å². The summed E-state index contributed by atoms with van der Waals surface area (Å²) in [6.45, 7) is 6.67. The van der Waals surface area contributed by atoms with E-state index in [1.54, 1.807) is 0 Å². The molecule has 0 saturated heterocycles. The number of rotatable bonds is 6. The number of amides is 1. The monoisotopic (exact) mass is 413 g/mol. The van der Waals surface area contributed by atoms with Crippen molar-refractivity contribution < 1.29 is 19.1 Å². The van der Waals surface area contributed by atoms with E-state index in [0.29, 0.717) is 12.8 Å². The quantitative estimate of drug-likeness (QED) is 0.714. The van der Waals surface area contributed by atoms with Gasteiger partial charge < -0.3 is 20.0 Å². The molecule has 1 saturated carbocycles. The minimum Gasteiger partial charge on any atom is -0.444 e. The van der Waals surface area contributed by atoms with Gasteiger partial charge in [0.05, 0.1) is 6.10 Å². The summed E-state index contributed by atoms with van der Waals surface area (Å²) in [6.07, 6.45) is -0.372. The molecule has 0 bridgehead atoms. The summed E-state index contributed by atoms with van der Waals surface area (Å²) in [7, 11) is -2.76. The molecule has 1 aliphatic rings. The van der Waals surface area contributed by atoms with Crippen LogP contribution in [0.2, 0.25) is 5.04 Å². The van der Waals surface area contributed by atoms with Crippen LogP contribution in [-0.4, -0.2) is 38.3 Å². The topological polar surface area (TPSA) is 81.8 Å². The number of carbonyl (C=O) groups is 1. The van der Waals surface area contributed by atoms with E-state index in [0.717, 1.165) is 0 Å². The molecule has 3 atom stereocenters. The van der Waals surface area contributed by atoms with Gasteiger partial charge in [-0.2, -0.15) is 0 Å². The fourth-order valence-electron chi connectivity index (χ4n) is 4.52. The van der Waals surface area contributed by atoms with Crippen molar-refractivity contribution in [1.29, 1.82) is 0 Å². The highest BCUT2D eigenvalue weighted by molar-refractivity contribution is 6.99. The summed E-state index contributed by atoms with van der Waals surface area (Å²) in [5, 5.41) is 11.9. The van der Waals surface area contributed by atoms with Crippen molar-refractivity contribution in [2.24, 2.45) is 11.7 Å². The minimum absolute atomic E-state index is 0.0302. The van der Waals surface area contributed by atoms with Gasteiger partial charge in [-0.3, -0.25) is 0 Å². The molecular formula is C23H31NO4Si. The van der Waals surface area contributed by atoms with E-state index >= 15 is 0 Å². The zero-order valence-corrected chi connectivity index (χ0v) is 18.4. The van der Waals surface area contributed by atoms with Gasteiger partial charge in [0.25, 0.3) is 8.32 Å². The van der Waals surface area contributed by atoms with Crippen LogP contribution in [0.5, 0.6) is 0 Å². The Morgan fingerprint density at radius 2 is 1.48 bits per heavy atom. The second-order valence-electron chi connectivity index (χ2n) is 8.81. The molecule has 6 heteroatoms. The first kappa shape index (κ1) is 21.6. The minimum atomic E-state index is -2.76. The number of aliphatic hydroxyl groups excluding tert-OH is 1. The number of aliphatic hydroxyl groups is 1. The van der Waals surface area contributed by atoms with Crippen LogP contribution < -0.4 is 16.1 Å². The Morgan fingerprint density at radius 1 is 1.00 bits per heavy atom. The van der Waals surface area contributed by atoms with E-state index in [1.807, 2.05) is 36.4 Å². The van der Waals surface area contributed by atoms with E-state index in [2.05, 4.69) is 45.0 Å². The van der Waals surface area contributed by atoms with Gasteiger partial charge in [-0.15, -0.1) is 0 Å². The third kappa shape index (κ3) is 4.39. The molecule has 5 nitrogen and oxygen atoms in total. The molecule has 3 N–H and O–H groups in total. The lowest BCUT2D eigenvalue weighted by Gasteiger charge is -2.45. The van der Waals surface area contributed by atoms with Gasteiger partial charge in [-0.25, -0.2) is 4.79 Å². The third-order valence-electron chi connectivity index (χ3n) is 5.82. The summed E-state index contributed by atoms with van der Waals surface area (Å²) >= 11 is 0. The van der Waals surface area contributed by atoms with Crippen molar-refractivity contribution >= 4 is 24.8 Å². The number of ether oxygens (including phenoxy) is 1. The Hall–Kier alpha value is -2.15. The van der Waals surface area contributed by atoms with Gasteiger partial charge in [0, 0.05) is 6.61 Å². The zero-order chi connectivity index (χ0) is 21.1. The zero-order valence-electron chi connectivity index (χ0n) is 17.4. The average molecular weight is 414 g/mol. The van der Waals surface area contributed by atoms with Crippen LogP contribution in [0.4, 0.5) is 4.79 Å². The van der Waals surface area contributed by atoms with E-state index in [4.69, 9.17) is 14.9 Å². The maximum absolute atomic E-state index is 11.5. The normalized spacial score (nSPS) is 22.4. The third-order valence-corrected chi connectivity index (χ3v) is 10.9. The molecule has 0 radical (unpaired) electrons. The van der Waals surface area contributed by atoms with Crippen LogP contribution >= 0.6 is 0 Å². The Kier molecular flexibility index (Phi) is 6.46. The molecular weight excluding hydrogens is 382 g/mol. The van der Waals surface area contributed by atoms with Crippen LogP contribution in [0.25, 0.3) is 0 Å². The van der Waals surface area contributed by atoms with Gasteiger partial charge in [-0.1, -0.05) is 81.4 Å². The smallest absolute Gasteiger partial charge is 0.404 e. The molecule has 29 heavy (non-hydrogen) atoms. The fraction of sp³-hybridized carbons (Fsp3) is 0.435. The predicted molar refractivity (Wildman–Crippen MR) is 117 cm³/mol. The van der Waals surface area contributed by atoms with Crippen molar-refractivity contribution in [3.63, 3.8) is 0 Å². The van der Waals surface area contributed by atoms with Crippen molar-refractivity contribution in [2.45, 2.75) is 50.9 Å². The average Bonchev–Trinajstić information content (AvgIpc) is 3.07. The molecule has 1 aliphatic carbocycles. The Labute approximate surface area is 174 Å². The second kappa shape index (κ2) is 8.69. The van der Waals surface area contributed by atoms with Crippen LogP contribution in [0.1, 0.15) is 33.6 Å². The fourth-order valence-corrected chi connectivity index (χ4v) is 9.24. The molecule has 2 aromatic carbocycles. The lowest BCUT2D eigenvalue weighted by molar-refractivity contribution is 0.0345. The highest BCUT2D eigenvalue weighted by Crippen LogP contribution is 2.41. The lowest BCUT2D eigenvalue weighted by Crippen LogP contribution is -2.68. The van der Waals surface area contributed by atoms with Crippen LogP contribution in [0.3, 0.4) is 0 Å². The standard InChI is InChI=1S/C23H31NO4Si/c1-23(2,3)29(18-10-6-4-7-11-18,19-12-8-5-9-13-19)28-21-15-17(16-25)14-20(21)27-22(24)26/h4-13,17,20-21,25H,14-16H2,1-3H3,(H2,24,26)/t17-,20-,21-/m1/s1. The Morgan fingerprint density at radius 3 is 1.90 bits per heavy atom. The summed E-state index contributed by atoms with van der Waals surface area (Å²) < 4.78 is 12.5. The van der Waals surface area contributed by atoms with Crippen molar-refractivity contribution in [3.8, 4) is 0 Å². The Balaban J connectivity index is 2.11. The number of carbonyl (C=O) groups excluding carboxylic acids is 1. The molecule has 0 aromatic heterocycles. The maximum atomic E-state index is 11.5. The summed E-state index contributed by atoms with van der Waals surface area (Å²) in [5.74, 6) is 0.0302. The summed E-state index contributed by atoms with van der Waals surface area (Å²) in [6, 6.07) is 20.7. The highest BCUT2D eigenvalue weighted by atomic mass is 28.4. The number of hydrogen-bond donors (Lipinski definition) is 2. The van der Waals surface area contributed by atoms with Gasteiger partial charge in [-0.05, 0) is 34.2 Å². The van der Waals surface area contributed by atoms with Crippen LogP contribution in [-0.2, 0) is 9.16 Å². The first-order valence-corrected chi connectivity index (χ1v) is 12.0. The van der Waals surface area contributed by atoms with Gasteiger partial charge in [0.15, 0.2) is 0 Å². The predicted octanol–water partition coefficient (Wildman–Crippen LogP) is 2.80. The van der Waals surface area contributed by atoms with Crippen LogP contribution in [0, 0.1) is 5.92 Å². The lowest BCUT2D eigenvalue weighted by atomic mass is 10.1. The van der Waals surface area contributed by atoms with Gasteiger partial charge >= 0.3 is 6.09 Å². The molecule has 0 spiro atoms. The molecule has 3 rings (SSSR count). The van der Waals surface area contributed by atoms with E-state index in [9.17, 15) is 9.90 Å². The highest BCUT2D eigenvalue weighted by Gasteiger charge is 2.53. The molecule has 2 aromatic rings. The van der Waals surface area contributed by atoms with E-state index in [1.165, 1.54) is 10.4 Å². The van der Waals surface area contributed by atoms with Crippen LogP contribution in [0.15, 0.2) is 60.7 Å². The van der Waals surface area contributed by atoms with E-state index in [-0.39, 0.29) is 23.7 Å². The Bertz CT molecular complexity index is 767. The largest absolute Gasteiger partial charge is 0.444 e. The SMILES string of the molecule is CC(C)(C)[Si](O[C@@H]1C[C@H](CO)C[C@H]1OC(N)=O)(c1ccccc1)c1ccccc1. The van der Waals surface area contributed by atoms with Crippen molar-refractivity contribution in [2.75, 3.05) is 6.61 Å². The second-order valence-corrected chi connectivity index (χ2v) is 13.1. The molecule has 0 heterocycles. The number of primary amides is 1. The van der Waals surface area contributed by atoms with Crippen molar-refractivity contribution in [1.82, 2.24) is 0 Å². The van der Waals surface area contributed by atoms with Crippen molar-refractivity contribution in [3.05, 3.63) is 60.7 Å². The molecule has 1 amide bonds. The summed E-state index contributed by atoms with van der Waals surface area (Å²) in [5.41, 5.74) is 5.33. The number of hydrogen-bond acceptors (Lipinski definition) is 4. The van der Waals surface area contributed by atoms with Gasteiger partial charge in [0.1, 0.15) is 6.10 Å². The molecule has 0 unspecified atom stereocenters. The first-order valence-electron chi connectivity index (χ1n) is 10.1.